The number of likely N-dealkylation sites (tertiary alicyclic amines) is 1. The number of hydrogen-bond donors (Lipinski definition) is 1. The maximum Gasteiger partial charge on any atom is 0.235 e. The van der Waals surface area contributed by atoms with Crippen molar-refractivity contribution in [1.29, 1.82) is 0 Å². The van der Waals surface area contributed by atoms with E-state index in [9.17, 15) is 18.0 Å². The number of rotatable bonds is 9. The molecule has 2 heterocycles. The Kier molecular flexibility index (Phi) is 7.16. The quantitative estimate of drug-likeness (QED) is 0.526. The van der Waals surface area contributed by atoms with Gasteiger partial charge in [0.1, 0.15) is 12.4 Å². The van der Waals surface area contributed by atoms with Crippen LogP contribution in [-0.2, 0) is 24.8 Å². The summed E-state index contributed by atoms with van der Waals surface area (Å²) >= 11 is 6.18. The highest BCUT2D eigenvalue weighted by Crippen LogP contribution is 2.45. The fourth-order valence-corrected chi connectivity index (χ4v) is 6.00. The summed E-state index contributed by atoms with van der Waals surface area (Å²) < 4.78 is 30.6. The fraction of sp³-hybridized carbons (Fsp3) is 0.417. The number of fused-ring (bicyclic) bond motifs is 2. The lowest BCUT2D eigenvalue weighted by Gasteiger charge is -2.37. The molecule has 0 bridgehead atoms. The minimum atomic E-state index is -3.46. The van der Waals surface area contributed by atoms with Crippen molar-refractivity contribution in [2.24, 2.45) is 0 Å². The zero-order valence-corrected chi connectivity index (χ0v) is 20.6. The summed E-state index contributed by atoms with van der Waals surface area (Å²) in [4.78, 5) is 27.2. The number of halogens is 1. The van der Waals surface area contributed by atoms with Crippen LogP contribution in [0.25, 0.3) is 0 Å². The lowest BCUT2D eigenvalue weighted by Crippen LogP contribution is -2.47. The van der Waals surface area contributed by atoms with Gasteiger partial charge in [-0.2, -0.15) is 0 Å². The molecule has 0 aromatic heterocycles. The Morgan fingerprint density at radius 3 is 2.56 bits per heavy atom. The minimum absolute atomic E-state index is 0.0495. The van der Waals surface area contributed by atoms with E-state index in [-0.39, 0.29) is 23.1 Å². The van der Waals surface area contributed by atoms with Crippen LogP contribution in [0.1, 0.15) is 18.4 Å². The van der Waals surface area contributed by atoms with E-state index >= 15 is 0 Å². The second-order valence-corrected chi connectivity index (χ2v) is 11.3. The third kappa shape index (κ3) is 5.06. The summed E-state index contributed by atoms with van der Waals surface area (Å²) in [6.07, 6.45) is 2.04. The van der Waals surface area contributed by atoms with Gasteiger partial charge in [0, 0.05) is 30.8 Å². The zero-order chi connectivity index (χ0) is 24.3. The molecular formula is C24H28ClN3O5S. The number of sulfone groups is 1. The van der Waals surface area contributed by atoms with E-state index in [0.717, 1.165) is 37.2 Å². The Bertz CT molecular complexity index is 1160. The normalized spacial score (nSPS) is 17.3. The Morgan fingerprint density at radius 1 is 1.18 bits per heavy atom. The molecule has 1 saturated heterocycles. The number of carbonyl (C=O) groups is 2. The highest BCUT2D eigenvalue weighted by Gasteiger charge is 2.48. The van der Waals surface area contributed by atoms with Crippen molar-refractivity contribution in [1.82, 2.24) is 9.80 Å². The predicted octanol–water partition coefficient (Wildman–Crippen LogP) is 2.57. The van der Waals surface area contributed by atoms with Gasteiger partial charge in [-0.1, -0.05) is 11.6 Å². The van der Waals surface area contributed by atoms with Crippen LogP contribution in [0.3, 0.4) is 0 Å². The number of benzene rings is 2. The van der Waals surface area contributed by atoms with E-state index in [1.807, 2.05) is 12.1 Å². The average Bonchev–Trinajstić information content (AvgIpc) is 3.09. The molecule has 0 atom stereocenters. The Labute approximate surface area is 204 Å². The van der Waals surface area contributed by atoms with Crippen LogP contribution in [0.5, 0.6) is 5.75 Å². The summed E-state index contributed by atoms with van der Waals surface area (Å²) in [6.45, 7) is 2.85. The van der Waals surface area contributed by atoms with Crippen LogP contribution in [-0.4, -0.2) is 76.1 Å². The fourth-order valence-electron chi connectivity index (χ4n) is 4.51. The SMILES string of the molecule is CN(C=O)CCS(=O)(=O)c1ccc(OCCN2CCC3(CC2)C(=O)Nc2ccc(Cl)cc23)cc1. The smallest absolute Gasteiger partial charge is 0.235 e. The first-order valence-corrected chi connectivity index (χ1v) is 13.2. The molecule has 10 heteroatoms. The van der Waals surface area contributed by atoms with Crippen molar-refractivity contribution in [2.45, 2.75) is 23.2 Å². The molecule has 1 N–H and O–H groups in total. The molecule has 34 heavy (non-hydrogen) atoms. The van der Waals surface area contributed by atoms with Gasteiger partial charge in [0.2, 0.25) is 12.3 Å². The van der Waals surface area contributed by atoms with E-state index in [0.29, 0.717) is 30.3 Å². The molecule has 1 spiro atoms. The lowest BCUT2D eigenvalue weighted by molar-refractivity contribution is -0.122. The first-order chi connectivity index (χ1) is 16.2. The summed E-state index contributed by atoms with van der Waals surface area (Å²) in [5.41, 5.74) is 1.33. The molecule has 8 nitrogen and oxygen atoms in total. The molecule has 0 saturated carbocycles. The van der Waals surface area contributed by atoms with Crippen LogP contribution in [0.4, 0.5) is 5.69 Å². The summed E-state index contributed by atoms with van der Waals surface area (Å²) in [5.74, 6) is 0.512. The van der Waals surface area contributed by atoms with Gasteiger partial charge in [-0.3, -0.25) is 14.5 Å². The van der Waals surface area contributed by atoms with E-state index in [2.05, 4.69) is 10.2 Å². The average molecular weight is 506 g/mol. The van der Waals surface area contributed by atoms with Gasteiger partial charge in [-0.05, 0) is 74.0 Å². The number of piperidine rings is 1. The topological polar surface area (TPSA) is 96.0 Å². The number of carbonyl (C=O) groups excluding carboxylic acids is 2. The highest BCUT2D eigenvalue weighted by molar-refractivity contribution is 7.91. The van der Waals surface area contributed by atoms with Gasteiger partial charge in [0.25, 0.3) is 0 Å². The monoisotopic (exact) mass is 505 g/mol. The first kappa shape index (κ1) is 24.5. The highest BCUT2D eigenvalue weighted by atomic mass is 35.5. The summed E-state index contributed by atoms with van der Waals surface area (Å²) in [6, 6.07) is 11.9. The molecule has 1 fully saturated rings. The van der Waals surface area contributed by atoms with Crippen LogP contribution in [0.2, 0.25) is 5.02 Å². The van der Waals surface area contributed by atoms with E-state index in [1.54, 1.807) is 25.2 Å². The standard InChI is InChI=1S/C24H28ClN3O5S/c1-27(17-29)13-15-34(31,32)20-5-3-19(4-6-20)33-14-12-28-10-8-24(9-11-28)21-16-18(25)2-7-22(21)26-23(24)30/h2-7,16-17H,8-15H2,1H3,(H,26,30). The molecule has 2 aromatic rings. The molecule has 2 aliphatic heterocycles. The molecular weight excluding hydrogens is 478 g/mol. The number of anilines is 1. The predicted molar refractivity (Wildman–Crippen MR) is 130 cm³/mol. The number of ether oxygens (including phenoxy) is 1. The van der Waals surface area contributed by atoms with Gasteiger partial charge in [-0.25, -0.2) is 8.42 Å². The number of nitrogens with zero attached hydrogens (tertiary/aromatic N) is 2. The zero-order valence-electron chi connectivity index (χ0n) is 19.0. The second-order valence-electron chi connectivity index (χ2n) is 8.79. The van der Waals surface area contributed by atoms with Crippen molar-refractivity contribution in [3.05, 3.63) is 53.1 Å². The molecule has 0 aliphatic carbocycles. The molecule has 2 aliphatic rings. The van der Waals surface area contributed by atoms with Crippen molar-refractivity contribution < 1.29 is 22.7 Å². The maximum atomic E-state index is 12.8. The van der Waals surface area contributed by atoms with Crippen LogP contribution in [0.15, 0.2) is 47.4 Å². The Hall–Kier alpha value is -2.62. The Balaban J connectivity index is 1.27. The van der Waals surface area contributed by atoms with Crippen LogP contribution >= 0.6 is 11.6 Å². The minimum Gasteiger partial charge on any atom is -0.492 e. The molecule has 182 valence electrons. The van der Waals surface area contributed by atoms with Gasteiger partial charge in [-0.15, -0.1) is 0 Å². The molecule has 2 amide bonds. The van der Waals surface area contributed by atoms with Gasteiger partial charge < -0.3 is 15.0 Å². The first-order valence-electron chi connectivity index (χ1n) is 11.2. The summed E-state index contributed by atoms with van der Waals surface area (Å²) in [5, 5.41) is 3.63. The number of hydrogen-bond acceptors (Lipinski definition) is 6. The second kappa shape index (κ2) is 9.93. The van der Waals surface area contributed by atoms with Gasteiger partial charge >= 0.3 is 0 Å². The van der Waals surface area contributed by atoms with E-state index < -0.39 is 15.3 Å². The number of amides is 2. The number of nitrogens with one attached hydrogen (secondary N) is 1. The molecule has 4 rings (SSSR count). The lowest BCUT2D eigenvalue weighted by atomic mass is 9.73. The van der Waals surface area contributed by atoms with Crippen LogP contribution < -0.4 is 10.1 Å². The van der Waals surface area contributed by atoms with Crippen molar-refractivity contribution in [2.75, 3.05) is 50.9 Å². The van der Waals surface area contributed by atoms with Crippen molar-refractivity contribution >= 4 is 39.4 Å². The Morgan fingerprint density at radius 2 is 1.88 bits per heavy atom. The largest absolute Gasteiger partial charge is 0.492 e. The third-order valence-corrected chi connectivity index (χ3v) is 8.59. The molecule has 0 radical (unpaired) electrons. The van der Waals surface area contributed by atoms with Crippen molar-refractivity contribution in [3.63, 3.8) is 0 Å². The molecule has 2 aromatic carbocycles. The van der Waals surface area contributed by atoms with Crippen LogP contribution in [0, 0.1) is 0 Å². The van der Waals surface area contributed by atoms with Gasteiger partial charge in [0.15, 0.2) is 9.84 Å². The van der Waals surface area contributed by atoms with E-state index in [4.69, 9.17) is 16.3 Å². The third-order valence-electron chi connectivity index (χ3n) is 6.64. The molecule has 0 unspecified atom stereocenters. The van der Waals surface area contributed by atoms with E-state index in [1.165, 1.54) is 17.0 Å². The van der Waals surface area contributed by atoms with Gasteiger partial charge in [0.05, 0.1) is 16.1 Å². The maximum absolute atomic E-state index is 12.8. The summed E-state index contributed by atoms with van der Waals surface area (Å²) in [7, 11) is -1.92. The van der Waals surface area contributed by atoms with Crippen molar-refractivity contribution in [3.8, 4) is 5.75 Å².